The molecule has 3 amide bonds. The van der Waals surface area contributed by atoms with Crippen LogP contribution in [0.25, 0.3) is 0 Å². The molecule has 2 heterocycles. The Balaban J connectivity index is 1.55. The molecule has 0 saturated carbocycles. The average Bonchev–Trinajstić information content (AvgIpc) is 3.04. The Hall–Kier alpha value is -2.64. The van der Waals surface area contributed by atoms with Gasteiger partial charge in [0.15, 0.2) is 0 Å². The van der Waals surface area contributed by atoms with Gasteiger partial charge in [-0.05, 0) is 17.8 Å². The van der Waals surface area contributed by atoms with E-state index in [0.29, 0.717) is 112 Å². The van der Waals surface area contributed by atoms with Crippen molar-refractivity contribution >= 4 is 18.2 Å². The normalized spacial score (nSPS) is 19.4. The first-order valence-electron chi connectivity index (χ1n) is 16.3. The Kier molecular flexibility index (Phi) is 20.3. The monoisotopic (exact) mass is 653 g/mol. The maximum absolute atomic E-state index is 13.4. The van der Waals surface area contributed by atoms with Crippen molar-refractivity contribution in [3.63, 3.8) is 0 Å². The molecule has 0 aromatic heterocycles. The Bertz CT molecular complexity index is 953. The van der Waals surface area contributed by atoms with E-state index in [4.69, 9.17) is 28.4 Å². The lowest BCUT2D eigenvalue weighted by molar-refractivity contribution is -0.134. The second-order valence-electron chi connectivity index (χ2n) is 12.2. The quantitative estimate of drug-likeness (QED) is 0.0635. The fraction of sp³-hybridized carbons (Fsp3) is 0.812. The van der Waals surface area contributed by atoms with Gasteiger partial charge in [-0.25, -0.2) is 0 Å². The van der Waals surface area contributed by atoms with Crippen LogP contribution in [0.3, 0.4) is 0 Å². The van der Waals surface area contributed by atoms with Crippen LogP contribution in [-0.4, -0.2) is 153 Å². The number of piperidine rings is 1. The lowest BCUT2D eigenvalue weighted by atomic mass is 9.87. The van der Waals surface area contributed by atoms with E-state index in [9.17, 15) is 19.6 Å². The van der Waals surface area contributed by atoms with E-state index in [1.54, 1.807) is 11.0 Å². The van der Waals surface area contributed by atoms with E-state index in [0.717, 1.165) is 19.6 Å². The maximum Gasteiger partial charge on any atom is 0.264 e. The molecular weight excluding hydrogens is 598 g/mol. The first-order valence-corrected chi connectivity index (χ1v) is 16.3. The van der Waals surface area contributed by atoms with Crippen molar-refractivity contribution < 1.29 is 42.8 Å². The topological polar surface area (TPSA) is 161 Å². The Morgan fingerprint density at radius 3 is 1.98 bits per heavy atom. The van der Waals surface area contributed by atoms with Gasteiger partial charge >= 0.3 is 0 Å². The number of hydrogen-bond acceptors (Lipinski definition) is 11. The summed E-state index contributed by atoms with van der Waals surface area (Å²) in [6.07, 6.45) is 3.10. The molecule has 14 nitrogen and oxygen atoms in total. The van der Waals surface area contributed by atoms with Crippen LogP contribution in [0.2, 0.25) is 0 Å². The van der Waals surface area contributed by atoms with Crippen LogP contribution in [0.4, 0.5) is 0 Å². The van der Waals surface area contributed by atoms with Gasteiger partial charge in [0, 0.05) is 45.8 Å². The number of carbonyl (C=O) groups is 3. The molecule has 2 fully saturated rings. The zero-order valence-electron chi connectivity index (χ0n) is 28.0. The van der Waals surface area contributed by atoms with E-state index in [1.165, 1.54) is 0 Å². The number of nitrogens with zero attached hydrogens (tertiary/aromatic N) is 3. The molecule has 14 heteroatoms. The van der Waals surface area contributed by atoms with Crippen molar-refractivity contribution in [2.45, 2.75) is 27.2 Å². The van der Waals surface area contributed by atoms with E-state index in [1.807, 2.05) is 20.8 Å². The van der Waals surface area contributed by atoms with Crippen LogP contribution < -0.4 is 10.6 Å². The van der Waals surface area contributed by atoms with Crippen LogP contribution in [0, 0.1) is 28.6 Å². The number of likely N-dealkylation sites (tertiary alicyclic amines) is 1. The number of morpholine rings is 1. The van der Waals surface area contributed by atoms with Gasteiger partial charge in [0.1, 0.15) is 11.6 Å². The summed E-state index contributed by atoms with van der Waals surface area (Å²) in [5.41, 5.74) is -0.235. The molecule has 0 aromatic rings. The summed E-state index contributed by atoms with van der Waals surface area (Å²) >= 11 is 0. The largest absolute Gasteiger partial charge is 0.379 e. The predicted molar refractivity (Wildman–Crippen MR) is 170 cm³/mol. The van der Waals surface area contributed by atoms with Gasteiger partial charge < -0.3 is 44.0 Å². The molecule has 2 atom stereocenters. The number of rotatable bonds is 24. The highest BCUT2D eigenvalue weighted by atomic mass is 16.6. The van der Waals surface area contributed by atoms with Crippen molar-refractivity contribution in [2.75, 3.05) is 125 Å². The molecule has 0 aromatic carbocycles. The van der Waals surface area contributed by atoms with Crippen LogP contribution in [0.5, 0.6) is 0 Å². The summed E-state index contributed by atoms with van der Waals surface area (Å²) < 4.78 is 32.6. The van der Waals surface area contributed by atoms with Gasteiger partial charge in [-0.15, -0.1) is 0 Å². The lowest BCUT2D eigenvalue weighted by Crippen LogP contribution is -2.49. The highest BCUT2D eigenvalue weighted by molar-refractivity contribution is 5.97. The second kappa shape index (κ2) is 23.6. The minimum atomic E-state index is -0.362. The Morgan fingerprint density at radius 2 is 1.43 bits per heavy atom. The van der Waals surface area contributed by atoms with Crippen LogP contribution >= 0.6 is 0 Å². The smallest absolute Gasteiger partial charge is 0.264 e. The van der Waals surface area contributed by atoms with E-state index in [2.05, 4.69) is 21.6 Å². The number of ether oxygens (including phenoxy) is 6. The molecule has 2 N–H and O–H groups in total. The van der Waals surface area contributed by atoms with Crippen molar-refractivity contribution in [3.05, 3.63) is 11.6 Å². The molecule has 2 aliphatic rings. The number of nitriles is 1. The fourth-order valence-electron chi connectivity index (χ4n) is 5.35. The Morgan fingerprint density at radius 1 is 0.891 bits per heavy atom. The first kappa shape index (κ1) is 39.5. The highest BCUT2D eigenvalue weighted by Gasteiger charge is 2.34. The molecule has 262 valence electrons. The standard InChI is InChI=1S/C32H55N5O9/c1-27-20-28(24-37(23-27)31(40)29(22-33)21-32(2,3)25-36-6-10-43-11-7-36)30(39)35-5-9-42-13-15-45-17-19-46-18-16-44-14-12-41-8-4-34-26-38/h21,26-28H,4-20,23-25H2,1-3H3,(H,34,38)(H,35,39)/b29-21+. The third-order valence-corrected chi connectivity index (χ3v) is 7.45. The maximum atomic E-state index is 13.4. The molecule has 0 bridgehead atoms. The second-order valence-corrected chi connectivity index (χ2v) is 12.2. The number of carbonyl (C=O) groups excluding carboxylic acids is 3. The van der Waals surface area contributed by atoms with Crippen LogP contribution in [-0.2, 0) is 42.8 Å². The summed E-state index contributed by atoms with van der Waals surface area (Å²) in [5.74, 6) is -0.623. The van der Waals surface area contributed by atoms with E-state index < -0.39 is 0 Å². The summed E-state index contributed by atoms with van der Waals surface area (Å²) in [6, 6.07) is 2.12. The van der Waals surface area contributed by atoms with E-state index in [-0.39, 0.29) is 41.2 Å². The number of hydrogen-bond donors (Lipinski definition) is 2. The van der Waals surface area contributed by atoms with Crippen molar-refractivity contribution in [1.82, 2.24) is 20.4 Å². The van der Waals surface area contributed by atoms with Crippen LogP contribution in [0.1, 0.15) is 27.2 Å². The summed E-state index contributed by atoms with van der Waals surface area (Å²) in [6.45, 7) is 15.9. The average molecular weight is 654 g/mol. The first-order chi connectivity index (χ1) is 22.3. The summed E-state index contributed by atoms with van der Waals surface area (Å²) in [4.78, 5) is 40.3. The van der Waals surface area contributed by atoms with Gasteiger partial charge in [-0.3, -0.25) is 19.3 Å². The van der Waals surface area contributed by atoms with Gasteiger partial charge in [-0.1, -0.05) is 26.8 Å². The molecular formula is C32H55N5O9. The molecule has 0 spiro atoms. The third-order valence-electron chi connectivity index (χ3n) is 7.45. The van der Waals surface area contributed by atoms with Gasteiger partial charge in [0.2, 0.25) is 12.3 Å². The third kappa shape index (κ3) is 17.3. The molecule has 0 radical (unpaired) electrons. The Labute approximate surface area is 274 Å². The lowest BCUT2D eigenvalue weighted by Gasteiger charge is -2.36. The van der Waals surface area contributed by atoms with Gasteiger partial charge in [0.05, 0.1) is 85.2 Å². The van der Waals surface area contributed by atoms with Crippen molar-refractivity contribution in [1.29, 1.82) is 5.26 Å². The zero-order valence-corrected chi connectivity index (χ0v) is 28.0. The molecule has 2 unspecified atom stereocenters. The van der Waals surface area contributed by atoms with Gasteiger partial charge in [0.25, 0.3) is 5.91 Å². The van der Waals surface area contributed by atoms with Gasteiger partial charge in [-0.2, -0.15) is 5.26 Å². The highest BCUT2D eigenvalue weighted by Crippen LogP contribution is 2.26. The molecule has 2 rings (SSSR count). The SMILES string of the molecule is CC1CC(C(=O)NCCOCCOCCOCCOCCOCCNC=O)CN(C(=O)/C(C#N)=C/C(C)(C)CN2CCOCC2)C1. The van der Waals surface area contributed by atoms with Crippen molar-refractivity contribution in [3.8, 4) is 6.07 Å². The van der Waals surface area contributed by atoms with Crippen LogP contribution in [0.15, 0.2) is 11.6 Å². The molecule has 46 heavy (non-hydrogen) atoms. The van der Waals surface area contributed by atoms with Crippen molar-refractivity contribution in [2.24, 2.45) is 17.3 Å². The number of amides is 3. The fourth-order valence-corrected chi connectivity index (χ4v) is 5.35. The predicted octanol–water partition coefficient (Wildman–Crippen LogP) is 0.225. The minimum Gasteiger partial charge on any atom is -0.379 e. The molecule has 0 aliphatic carbocycles. The summed E-state index contributed by atoms with van der Waals surface area (Å²) in [7, 11) is 0. The number of nitrogens with one attached hydrogen (secondary N) is 2. The minimum absolute atomic E-state index is 0.111. The zero-order chi connectivity index (χ0) is 33.5. The molecule has 2 saturated heterocycles. The molecule has 2 aliphatic heterocycles. The summed E-state index contributed by atoms with van der Waals surface area (Å²) in [5, 5.41) is 15.3. The van der Waals surface area contributed by atoms with E-state index >= 15 is 0 Å².